The van der Waals surface area contributed by atoms with Gasteiger partial charge in [0.2, 0.25) is 5.91 Å². The second kappa shape index (κ2) is 8.55. The molecule has 1 heterocycles. The van der Waals surface area contributed by atoms with E-state index in [0.29, 0.717) is 23.5 Å². The van der Waals surface area contributed by atoms with Crippen molar-refractivity contribution >= 4 is 40.8 Å². The highest BCUT2D eigenvalue weighted by molar-refractivity contribution is 6.43. The highest BCUT2D eigenvalue weighted by Gasteiger charge is 2.21. The van der Waals surface area contributed by atoms with Gasteiger partial charge in [0.25, 0.3) is 0 Å². The number of methoxy groups -OCH3 is 1. The van der Waals surface area contributed by atoms with Crippen LogP contribution in [0.4, 0.5) is 17.1 Å². The first kappa shape index (κ1) is 20.1. The van der Waals surface area contributed by atoms with E-state index in [1.165, 1.54) is 38.3 Å². The Kier molecular flexibility index (Phi) is 5.92. The average Bonchev–Trinajstić information content (AvgIpc) is 2.73. The third-order valence-corrected chi connectivity index (χ3v) is 4.61. The first-order chi connectivity index (χ1) is 13.9. The van der Waals surface area contributed by atoms with E-state index in [0.717, 1.165) is 24.1 Å². The van der Waals surface area contributed by atoms with Crippen LogP contribution in [-0.2, 0) is 25.5 Å². The summed E-state index contributed by atoms with van der Waals surface area (Å²) < 4.78 is 4.61. The number of ether oxygens (including phenoxy) is 1. The van der Waals surface area contributed by atoms with E-state index in [1.54, 1.807) is 17.0 Å². The van der Waals surface area contributed by atoms with Gasteiger partial charge in [0.05, 0.1) is 12.7 Å². The van der Waals surface area contributed by atoms with Crippen molar-refractivity contribution in [2.75, 3.05) is 29.2 Å². The van der Waals surface area contributed by atoms with Crippen molar-refractivity contribution < 1.29 is 23.9 Å². The molecule has 1 aliphatic heterocycles. The summed E-state index contributed by atoms with van der Waals surface area (Å²) in [6.07, 6.45) is 1.74. The van der Waals surface area contributed by atoms with Crippen LogP contribution < -0.4 is 15.5 Å². The Labute approximate surface area is 167 Å². The molecule has 0 spiro atoms. The maximum absolute atomic E-state index is 12.2. The summed E-state index contributed by atoms with van der Waals surface area (Å²) in [5, 5.41) is 5.02. The first-order valence-electron chi connectivity index (χ1n) is 9.11. The van der Waals surface area contributed by atoms with E-state index >= 15 is 0 Å². The maximum atomic E-state index is 12.2. The summed E-state index contributed by atoms with van der Waals surface area (Å²) >= 11 is 0. The number of hydrogen-bond donors (Lipinski definition) is 2. The summed E-state index contributed by atoms with van der Waals surface area (Å²) in [5.74, 6) is -2.25. The molecule has 0 saturated carbocycles. The number of carbonyl (C=O) groups is 4. The zero-order valence-electron chi connectivity index (χ0n) is 16.2. The third kappa shape index (κ3) is 4.60. The fraction of sp³-hybridized carbons (Fsp3) is 0.238. The van der Waals surface area contributed by atoms with Crippen LogP contribution in [0, 0.1) is 0 Å². The monoisotopic (exact) mass is 395 g/mol. The van der Waals surface area contributed by atoms with Crippen LogP contribution in [0.2, 0.25) is 0 Å². The second-order valence-electron chi connectivity index (χ2n) is 6.59. The lowest BCUT2D eigenvalue weighted by Crippen LogP contribution is -2.34. The van der Waals surface area contributed by atoms with Gasteiger partial charge in [-0.05, 0) is 54.8 Å². The van der Waals surface area contributed by atoms with Crippen LogP contribution >= 0.6 is 0 Å². The smallest absolute Gasteiger partial charge is 0.337 e. The molecule has 29 heavy (non-hydrogen) atoms. The molecule has 0 unspecified atom stereocenters. The maximum Gasteiger partial charge on any atom is 0.337 e. The van der Waals surface area contributed by atoms with Gasteiger partial charge in [0, 0.05) is 30.5 Å². The minimum atomic E-state index is -0.850. The molecule has 1 aliphatic rings. The quantitative estimate of drug-likeness (QED) is 0.613. The number of anilines is 3. The fourth-order valence-corrected chi connectivity index (χ4v) is 3.16. The Hall–Kier alpha value is -3.68. The van der Waals surface area contributed by atoms with Gasteiger partial charge in [-0.15, -0.1) is 0 Å². The summed E-state index contributed by atoms with van der Waals surface area (Å²) in [6.45, 7) is 2.13. The minimum absolute atomic E-state index is 0.0671. The lowest BCUT2D eigenvalue weighted by molar-refractivity contribution is -0.132. The number of hydrogen-bond acceptors (Lipinski definition) is 5. The number of nitrogens with zero attached hydrogens (tertiary/aromatic N) is 1. The van der Waals surface area contributed by atoms with Crippen LogP contribution in [0.5, 0.6) is 0 Å². The van der Waals surface area contributed by atoms with Crippen LogP contribution in [0.3, 0.4) is 0 Å². The van der Waals surface area contributed by atoms with E-state index in [-0.39, 0.29) is 5.91 Å². The number of nitrogens with one attached hydrogen (secondary N) is 2. The molecule has 0 bridgehead atoms. The molecule has 0 aliphatic carbocycles. The molecule has 3 rings (SSSR count). The number of esters is 1. The molecule has 8 heteroatoms. The molecule has 150 valence electrons. The van der Waals surface area contributed by atoms with Crippen molar-refractivity contribution in [3.05, 3.63) is 53.6 Å². The van der Waals surface area contributed by atoms with Crippen molar-refractivity contribution in [3.8, 4) is 0 Å². The van der Waals surface area contributed by atoms with Gasteiger partial charge in [-0.25, -0.2) is 4.79 Å². The Morgan fingerprint density at radius 1 is 0.931 bits per heavy atom. The predicted molar refractivity (Wildman–Crippen MR) is 108 cm³/mol. The van der Waals surface area contributed by atoms with E-state index in [9.17, 15) is 19.2 Å². The fourth-order valence-electron chi connectivity index (χ4n) is 3.16. The number of fused-ring (bicyclic) bond motifs is 1. The van der Waals surface area contributed by atoms with Gasteiger partial charge in [-0.2, -0.15) is 0 Å². The highest BCUT2D eigenvalue weighted by Crippen LogP contribution is 2.30. The normalized spacial score (nSPS) is 12.6. The minimum Gasteiger partial charge on any atom is -0.465 e. The van der Waals surface area contributed by atoms with Crippen molar-refractivity contribution in [2.24, 2.45) is 0 Å². The van der Waals surface area contributed by atoms with Gasteiger partial charge in [0.15, 0.2) is 0 Å². The van der Waals surface area contributed by atoms with Crippen molar-refractivity contribution in [2.45, 2.75) is 19.8 Å². The van der Waals surface area contributed by atoms with Crippen molar-refractivity contribution in [1.29, 1.82) is 0 Å². The topological polar surface area (TPSA) is 105 Å². The standard InChI is InChI=1S/C21H21N3O5/c1-13(25)24-11-3-4-14-5-10-17(12-18(14)24)23-20(27)19(26)22-16-8-6-15(7-9-16)21(28)29-2/h5-10,12H,3-4,11H2,1-2H3,(H,22,26)(H,23,27). The van der Waals surface area contributed by atoms with E-state index in [1.807, 2.05) is 6.07 Å². The molecule has 2 aromatic rings. The van der Waals surface area contributed by atoms with Gasteiger partial charge < -0.3 is 20.3 Å². The molecular formula is C21H21N3O5. The number of amides is 3. The highest BCUT2D eigenvalue weighted by atomic mass is 16.5. The molecule has 8 nitrogen and oxygen atoms in total. The Morgan fingerprint density at radius 3 is 2.17 bits per heavy atom. The lowest BCUT2D eigenvalue weighted by Gasteiger charge is -2.29. The third-order valence-electron chi connectivity index (χ3n) is 4.61. The number of rotatable bonds is 3. The van der Waals surface area contributed by atoms with Crippen molar-refractivity contribution in [1.82, 2.24) is 0 Å². The van der Waals surface area contributed by atoms with Crippen LogP contribution in [0.1, 0.15) is 29.3 Å². The summed E-state index contributed by atoms with van der Waals surface area (Å²) in [7, 11) is 1.28. The zero-order chi connectivity index (χ0) is 21.0. The Balaban J connectivity index is 1.67. The average molecular weight is 395 g/mol. The molecule has 0 saturated heterocycles. The predicted octanol–water partition coefficient (Wildman–Crippen LogP) is 2.35. The molecule has 2 aromatic carbocycles. The van der Waals surface area contributed by atoms with Crippen LogP contribution in [0.25, 0.3) is 0 Å². The summed E-state index contributed by atoms with van der Waals surface area (Å²) in [5.41, 5.74) is 2.91. The molecule has 0 aromatic heterocycles. The van der Waals surface area contributed by atoms with Gasteiger partial charge in [-0.3, -0.25) is 14.4 Å². The van der Waals surface area contributed by atoms with Crippen LogP contribution in [0.15, 0.2) is 42.5 Å². The van der Waals surface area contributed by atoms with E-state index in [2.05, 4.69) is 15.4 Å². The number of aryl methyl sites for hydroxylation is 1. The van der Waals surface area contributed by atoms with Gasteiger partial charge in [-0.1, -0.05) is 6.07 Å². The molecule has 2 N–H and O–H groups in total. The molecule has 0 fully saturated rings. The van der Waals surface area contributed by atoms with E-state index < -0.39 is 17.8 Å². The molecule has 0 atom stereocenters. The van der Waals surface area contributed by atoms with Crippen LogP contribution in [-0.4, -0.2) is 37.3 Å². The number of carbonyl (C=O) groups excluding carboxylic acids is 4. The second-order valence-corrected chi connectivity index (χ2v) is 6.59. The van der Waals surface area contributed by atoms with Gasteiger partial charge in [0.1, 0.15) is 0 Å². The molecule has 3 amide bonds. The molecule has 0 radical (unpaired) electrons. The zero-order valence-corrected chi connectivity index (χ0v) is 16.2. The molecular weight excluding hydrogens is 374 g/mol. The van der Waals surface area contributed by atoms with Crippen molar-refractivity contribution in [3.63, 3.8) is 0 Å². The first-order valence-corrected chi connectivity index (χ1v) is 9.11. The lowest BCUT2D eigenvalue weighted by atomic mass is 10.0. The number of benzene rings is 2. The van der Waals surface area contributed by atoms with Gasteiger partial charge >= 0.3 is 17.8 Å². The largest absolute Gasteiger partial charge is 0.465 e. The summed E-state index contributed by atoms with van der Waals surface area (Å²) in [4.78, 5) is 49.3. The Bertz CT molecular complexity index is 969. The summed E-state index contributed by atoms with van der Waals surface area (Å²) in [6, 6.07) is 11.2. The van der Waals surface area contributed by atoms with E-state index in [4.69, 9.17) is 0 Å². The Morgan fingerprint density at radius 2 is 1.55 bits per heavy atom. The SMILES string of the molecule is COC(=O)c1ccc(NC(=O)C(=O)Nc2ccc3c(c2)N(C(C)=O)CCC3)cc1.